The van der Waals surface area contributed by atoms with Crippen LogP contribution in [0.1, 0.15) is 11.5 Å². The van der Waals surface area contributed by atoms with Gasteiger partial charge in [-0.15, -0.1) is 0 Å². The van der Waals surface area contributed by atoms with Gasteiger partial charge < -0.3 is 9.73 Å². The van der Waals surface area contributed by atoms with Gasteiger partial charge in [-0.1, -0.05) is 41.4 Å². The molecule has 2 aromatic carbocycles. The van der Waals surface area contributed by atoms with E-state index in [1.165, 1.54) is 6.08 Å². The molecule has 1 N–H and O–H groups in total. The molecule has 0 aliphatic carbocycles. The number of aryl methyl sites for hydroxylation is 1. The van der Waals surface area contributed by atoms with Gasteiger partial charge in [-0.25, -0.2) is 4.68 Å². The second-order valence-electron chi connectivity index (χ2n) is 6.87. The number of benzene rings is 2. The third-order valence-electron chi connectivity index (χ3n) is 4.55. The smallest absolute Gasteiger partial charge is 0.267 e. The number of hydrogen-bond acceptors (Lipinski definition) is 4. The van der Waals surface area contributed by atoms with Crippen LogP contribution in [-0.2, 0) is 4.79 Å². The highest BCUT2D eigenvalue weighted by molar-refractivity contribution is 6.35. The first-order valence-electron chi connectivity index (χ1n) is 9.55. The maximum Gasteiger partial charge on any atom is 0.267 e. The topological polar surface area (TPSA) is 83.9 Å². The number of anilines is 1. The first kappa shape index (κ1) is 21.4. The molecule has 2 heterocycles. The van der Waals surface area contributed by atoms with Crippen molar-refractivity contribution >= 4 is 41.0 Å². The number of carbonyl (C=O) groups excluding carboxylic acids is 1. The molecule has 4 rings (SSSR count). The van der Waals surface area contributed by atoms with Gasteiger partial charge >= 0.3 is 0 Å². The molecule has 0 bridgehead atoms. The molecule has 0 radical (unpaired) electrons. The Bertz CT molecular complexity index is 1360. The Balaban J connectivity index is 1.59. The van der Waals surface area contributed by atoms with Gasteiger partial charge in [0.25, 0.3) is 5.91 Å². The first-order chi connectivity index (χ1) is 15.4. The maximum atomic E-state index is 12.8. The second-order valence-corrected chi connectivity index (χ2v) is 7.71. The van der Waals surface area contributed by atoms with Gasteiger partial charge in [0, 0.05) is 22.7 Å². The molecule has 0 spiro atoms. The van der Waals surface area contributed by atoms with Crippen molar-refractivity contribution in [3.05, 3.63) is 93.8 Å². The molecule has 158 valence electrons. The van der Waals surface area contributed by atoms with E-state index in [1.807, 2.05) is 43.3 Å². The molecule has 0 fully saturated rings. The number of nitrogens with one attached hydrogen (secondary N) is 1. The fraction of sp³-hybridized carbons (Fsp3) is 0.0417. The molecule has 0 saturated heterocycles. The van der Waals surface area contributed by atoms with E-state index in [9.17, 15) is 10.1 Å². The molecular formula is C24H16Cl2N4O2. The highest BCUT2D eigenvalue weighted by Crippen LogP contribution is 2.32. The van der Waals surface area contributed by atoms with E-state index in [2.05, 4.69) is 10.4 Å². The number of carbonyl (C=O) groups is 1. The Kier molecular flexibility index (Phi) is 6.13. The molecule has 4 aromatic rings. The van der Waals surface area contributed by atoms with Crippen molar-refractivity contribution in [1.29, 1.82) is 5.26 Å². The number of nitriles is 1. The fourth-order valence-electron chi connectivity index (χ4n) is 3.09. The molecule has 6 nitrogen and oxygen atoms in total. The fourth-order valence-corrected chi connectivity index (χ4v) is 3.47. The van der Waals surface area contributed by atoms with Crippen molar-refractivity contribution in [2.24, 2.45) is 0 Å². The van der Waals surface area contributed by atoms with Crippen molar-refractivity contribution in [1.82, 2.24) is 9.78 Å². The zero-order chi connectivity index (χ0) is 22.7. The van der Waals surface area contributed by atoms with E-state index in [0.717, 1.165) is 11.4 Å². The van der Waals surface area contributed by atoms with Crippen LogP contribution in [0.4, 0.5) is 5.82 Å². The van der Waals surface area contributed by atoms with Crippen molar-refractivity contribution in [2.45, 2.75) is 6.92 Å². The molecule has 0 saturated carbocycles. The average Bonchev–Trinajstić information content (AvgIpc) is 3.40. The molecule has 0 aliphatic heterocycles. The van der Waals surface area contributed by atoms with Crippen molar-refractivity contribution in [2.75, 3.05) is 5.32 Å². The summed E-state index contributed by atoms with van der Waals surface area (Å²) in [5.41, 5.74) is 2.00. The Hall–Kier alpha value is -3.79. The van der Waals surface area contributed by atoms with E-state index >= 15 is 0 Å². The lowest BCUT2D eigenvalue weighted by Crippen LogP contribution is -2.16. The van der Waals surface area contributed by atoms with E-state index in [1.54, 1.807) is 41.1 Å². The number of rotatable bonds is 5. The molecule has 0 aliphatic rings. The van der Waals surface area contributed by atoms with Gasteiger partial charge in [0.1, 0.15) is 29.0 Å². The predicted molar refractivity (Wildman–Crippen MR) is 125 cm³/mol. The zero-order valence-corrected chi connectivity index (χ0v) is 18.4. The Morgan fingerprint density at radius 2 is 1.91 bits per heavy atom. The van der Waals surface area contributed by atoms with Crippen LogP contribution in [0.2, 0.25) is 10.0 Å². The molecule has 0 unspecified atom stereocenters. The maximum absolute atomic E-state index is 12.8. The molecule has 2 aromatic heterocycles. The first-order valence-corrected chi connectivity index (χ1v) is 10.3. The van der Waals surface area contributed by atoms with Crippen LogP contribution in [0.5, 0.6) is 0 Å². The minimum absolute atomic E-state index is 0.124. The minimum atomic E-state index is -0.580. The van der Waals surface area contributed by atoms with Gasteiger partial charge in [-0.05, 0) is 49.4 Å². The standard InChI is InChI=1S/C24H16Cl2N4O2/c1-15-11-23(30(29-15)18-5-3-2-4-6-18)28-24(31)16(14-27)12-19-8-10-22(32-19)20-13-17(25)7-9-21(20)26/h2-13H,1H3,(H,28,31). The number of halogens is 2. The van der Waals surface area contributed by atoms with Crippen LogP contribution in [0.3, 0.4) is 0 Å². The summed E-state index contributed by atoms with van der Waals surface area (Å²) >= 11 is 12.3. The number of aromatic nitrogens is 2. The zero-order valence-electron chi connectivity index (χ0n) is 16.8. The van der Waals surface area contributed by atoms with Crippen molar-refractivity contribution < 1.29 is 9.21 Å². The molecular weight excluding hydrogens is 447 g/mol. The summed E-state index contributed by atoms with van der Waals surface area (Å²) in [6, 6.07) is 21.4. The average molecular weight is 463 g/mol. The summed E-state index contributed by atoms with van der Waals surface area (Å²) in [4.78, 5) is 12.8. The highest BCUT2D eigenvalue weighted by atomic mass is 35.5. The van der Waals surface area contributed by atoms with Crippen LogP contribution in [0.15, 0.2) is 76.7 Å². The van der Waals surface area contributed by atoms with Crippen LogP contribution < -0.4 is 5.32 Å². The van der Waals surface area contributed by atoms with Gasteiger partial charge in [-0.3, -0.25) is 4.79 Å². The lowest BCUT2D eigenvalue weighted by atomic mass is 10.2. The highest BCUT2D eigenvalue weighted by Gasteiger charge is 2.16. The predicted octanol–water partition coefficient (Wildman–Crippen LogP) is 6.29. The quantitative estimate of drug-likeness (QED) is 0.278. The molecule has 32 heavy (non-hydrogen) atoms. The van der Waals surface area contributed by atoms with Gasteiger partial charge in [0.05, 0.1) is 16.4 Å². The van der Waals surface area contributed by atoms with Gasteiger partial charge in [0.15, 0.2) is 0 Å². The van der Waals surface area contributed by atoms with Crippen molar-refractivity contribution in [3.8, 4) is 23.1 Å². The lowest BCUT2D eigenvalue weighted by Gasteiger charge is -2.08. The summed E-state index contributed by atoms with van der Waals surface area (Å²) in [6.45, 7) is 1.82. The van der Waals surface area contributed by atoms with Crippen LogP contribution in [0.25, 0.3) is 23.1 Å². The van der Waals surface area contributed by atoms with E-state index in [4.69, 9.17) is 27.6 Å². The SMILES string of the molecule is Cc1cc(NC(=O)C(C#N)=Cc2ccc(-c3cc(Cl)ccc3Cl)o2)n(-c2ccccc2)n1. The summed E-state index contributed by atoms with van der Waals surface area (Å²) < 4.78 is 7.37. The minimum Gasteiger partial charge on any atom is -0.457 e. The van der Waals surface area contributed by atoms with Crippen LogP contribution in [0, 0.1) is 18.3 Å². The molecule has 0 atom stereocenters. The number of nitrogens with zero attached hydrogens (tertiary/aromatic N) is 3. The lowest BCUT2D eigenvalue weighted by molar-refractivity contribution is -0.112. The molecule has 8 heteroatoms. The third-order valence-corrected chi connectivity index (χ3v) is 5.11. The monoisotopic (exact) mass is 462 g/mol. The van der Waals surface area contributed by atoms with E-state index in [0.29, 0.717) is 32.9 Å². The third kappa shape index (κ3) is 4.59. The summed E-state index contributed by atoms with van der Waals surface area (Å²) in [5.74, 6) is 0.670. The Morgan fingerprint density at radius 3 is 2.66 bits per heavy atom. The van der Waals surface area contributed by atoms with Gasteiger partial charge in [0.2, 0.25) is 0 Å². The van der Waals surface area contributed by atoms with Gasteiger partial charge in [-0.2, -0.15) is 10.4 Å². The summed E-state index contributed by atoms with van der Waals surface area (Å²) in [6.07, 6.45) is 1.37. The van der Waals surface area contributed by atoms with E-state index < -0.39 is 5.91 Å². The normalized spacial score (nSPS) is 11.2. The number of amides is 1. The van der Waals surface area contributed by atoms with E-state index in [-0.39, 0.29) is 5.57 Å². The van der Waals surface area contributed by atoms with Crippen molar-refractivity contribution in [3.63, 3.8) is 0 Å². The number of para-hydroxylation sites is 1. The Morgan fingerprint density at radius 1 is 1.12 bits per heavy atom. The number of furan rings is 1. The Labute approximate surface area is 194 Å². The summed E-state index contributed by atoms with van der Waals surface area (Å²) in [5, 5.41) is 17.7. The largest absolute Gasteiger partial charge is 0.457 e. The number of hydrogen-bond donors (Lipinski definition) is 1. The van der Waals surface area contributed by atoms with Crippen LogP contribution in [-0.4, -0.2) is 15.7 Å². The van der Waals surface area contributed by atoms with Crippen LogP contribution >= 0.6 is 23.2 Å². The summed E-state index contributed by atoms with van der Waals surface area (Å²) in [7, 11) is 0. The second kappa shape index (κ2) is 9.15. The molecule has 1 amide bonds.